The summed E-state index contributed by atoms with van der Waals surface area (Å²) in [4.78, 5) is 19.7. The van der Waals surface area contributed by atoms with Crippen molar-refractivity contribution in [2.24, 2.45) is 0 Å². The zero-order valence-electron chi connectivity index (χ0n) is 15.9. The number of nitrogens with zero attached hydrogens (tertiary/aromatic N) is 2. The Hall–Kier alpha value is -1.86. The molecule has 1 amide bonds. The summed E-state index contributed by atoms with van der Waals surface area (Å²) in [5, 5.41) is 1.46. The summed E-state index contributed by atoms with van der Waals surface area (Å²) in [5.41, 5.74) is 1.25. The third-order valence-corrected chi connectivity index (χ3v) is 6.13. The quantitative estimate of drug-likeness (QED) is 0.474. The van der Waals surface area contributed by atoms with Crippen LogP contribution >= 0.6 is 34.5 Å². The van der Waals surface area contributed by atoms with Gasteiger partial charge in [0.1, 0.15) is 5.75 Å². The zero-order chi connectivity index (χ0) is 20.4. The molecular weight excluding hydrogens is 431 g/mol. The number of halogens is 2. The van der Waals surface area contributed by atoms with Gasteiger partial charge in [0.25, 0.3) is 5.91 Å². The van der Waals surface area contributed by atoms with Gasteiger partial charge in [-0.15, -0.1) is 0 Å². The van der Waals surface area contributed by atoms with E-state index in [4.69, 9.17) is 37.7 Å². The highest BCUT2D eigenvalue weighted by molar-refractivity contribution is 7.22. The average molecular weight is 451 g/mol. The fourth-order valence-electron chi connectivity index (χ4n) is 3.34. The Bertz CT molecular complexity index is 1010. The standard InChI is InChI=1S/C21H20Cl2N2O3S/c1-2-27-16-5-6-18-19(11-16)29-21(24-18)25(12-17-4-3-7-28-17)20(26)13-8-14(22)10-15(23)9-13/h5-6,8-11,17H,2-4,7,12H2,1H3. The van der Waals surface area contributed by atoms with Crippen LogP contribution in [0.25, 0.3) is 10.2 Å². The molecule has 1 fully saturated rings. The summed E-state index contributed by atoms with van der Waals surface area (Å²) in [6.07, 6.45) is 1.90. The van der Waals surface area contributed by atoms with Gasteiger partial charge in [-0.25, -0.2) is 4.98 Å². The second-order valence-electron chi connectivity index (χ2n) is 6.77. The van der Waals surface area contributed by atoms with Crippen molar-refractivity contribution in [3.05, 3.63) is 52.0 Å². The molecule has 2 heterocycles. The van der Waals surface area contributed by atoms with Crippen molar-refractivity contribution >= 4 is 55.8 Å². The number of aromatic nitrogens is 1. The predicted octanol–water partition coefficient (Wildman–Crippen LogP) is 5.83. The minimum Gasteiger partial charge on any atom is -0.494 e. The van der Waals surface area contributed by atoms with Crippen LogP contribution < -0.4 is 9.64 Å². The van der Waals surface area contributed by atoms with E-state index >= 15 is 0 Å². The number of ether oxygens (including phenoxy) is 2. The molecule has 29 heavy (non-hydrogen) atoms. The summed E-state index contributed by atoms with van der Waals surface area (Å²) < 4.78 is 12.3. The van der Waals surface area contributed by atoms with Gasteiger partial charge in [0, 0.05) is 22.2 Å². The number of amides is 1. The maximum absolute atomic E-state index is 13.4. The van der Waals surface area contributed by atoms with E-state index in [-0.39, 0.29) is 12.0 Å². The fourth-order valence-corrected chi connectivity index (χ4v) is 4.87. The molecular formula is C21H20Cl2N2O3S. The first kappa shape index (κ1) is 20.4. The largest absolute Gasteiger partial charge is 0.494 e. The highest BCUT2D eigenvalue weighted by Gasteiger charge is 2.27. The number of hydrogen-bond donors (Lipinski definition) is 0. The molecule has 0 radical (unpaired) electrons. The molecule has 1 saturated heterocycles. The van der Waals surface area contributed by atoms with Crippen LogP contribution in [-0.2, 0) is 4.74 Å². The Balaban J connectivity index is 1.71. The van der Waals surface area contributed by atoms with E-state index < -0.39 is 0 Å². The molecule has 1 aliphatic heterocycles. The van der Waals surface area contributed by atoms with Crippen LogP contribution in [0, 0.1) is 0 Å². The number of benzene rings is 2. The molecule has 5 nitrogen and oxygen atoms in total. The zero-order valence-corrected chi connectivity index (χ0v) is 18.2. The summed E-state index contributed by atoms with van der Waals surface area (Å²) in [6.45, 7) is 3.69. The van der Waals surface area contributed by atoms with Crippen LogP contribution in [0.5, 0.6) is 5.75 Å². The van der Waals surface area contributed by atoms with Crippen LogP contribution in [0.4, 0.5) is 5.13 Å². The molecule has 1 atom stereocenters. The molecule has 8 heteroatoms. The van der Waals surface area contributed by atoms with Crippen molar-refractivity contribution in [1.82, 2.24) is 4.98 Å². The van der Waals surface area contributed by atoms with Gasteiger partial charge in [-0.3, -0.25) is 9.69 Å². The van der Waals surface area contributed by atoms with Crippen LogP contribution in [0.15, 0.2) is 36.4 Å². The van der Waals surface area contributed by atoms with Crippen molar-refractivity contribution in [1.29, 1.82) is 0 Å². The first-order valence-corrected chi connectivity index (χ1v) is 11.0. The average Bonchev–Trinajstić information content (AvgIpc) is 3.34. The number of hydrogen-bond acceptors (Lipinski definition) is 5. The molecule has 152 valence electrons. The Morgan fingerprint density at radius 2 is 2.07 bits per heavy atom. The van der Waals surface area contributed by atoms with Gasteiger partial charge >= 0.3 is 0 Å². The van der Waals surface area contributed by atoms with E-state index in [1.54, 1.807) is 23.1 Å². The van der Waals surface area contributed by atoms with Crippen LogP contribution in [0.3, 0.4) is 0 Å². The van der Waals surface area contributed by atoms with Gasteiger partial charge in [-0.1, -0.05) is 34.5 Å². The smallest absolute Gasteiger partial charge is 0.260 e. The first-order valence-electron chi connectivity index (χ1n) is 9.46. The van der Waals surface area contributed by atoms with E-state index in [1.807, 2.05) is 25.1 Å². The van der Waals surface area contributed by atoms with Crippen molar-refractivity contribution in [3.63, 3.8) is 0 Å². The predicted molar refractivity (Wildman–Crippen MR) is 118 cm³/mol. The summed E-state index contributed by atoms with van der Waals surface area (Å²) in [5.74, 6) is 0.586. The summed E-state index contributed by atoms with van der Waals surface area (Å²) >= 11 is 13.7. The Labute approximate surface area is 183 Å². The number of carbonyl (C=O) groups excluding carboxylic acids is 1. The van der Waals surface area contributed by atoms with Crippen LogP contribution in [0.1, 0.15) is 30.1 Å². The van der Waals surface area contributed by atoms with Gasteiger partial charge in [0.15, 0.2) is 5.13 Å². The molecule has 0 bridgehead atoms. The van der Waals surface area contributed by atoms with Crippen molar-refractivity contribution in [3.8, 4) is 5.75 Å². The van der Waals surface area contributed by atoms with Gasteiger partial charge < -0.3 is 9.47 Å². The third-order valence-electron chi connectivity index (χ3n) is 4.66. The molecule has 1 aromatic heterocycles. The fraction of sp³-hybridized carbons (Fsp3) is 0.333. The number of thiazole rings is 1. The second-order valence-corrected chi connectivity index (χ2v) is 8.65. The molecule has 0 spiro atoms. The van der Waals surface area contributed by atoms with Crippen LogP contribution in [-0.4, -0.2) is 36.8 Å². The van der Waals surface area contributed by atoms with E-state index in [1.165, 1.54) is 11.3 Å². The second kappa shape index (κ2) is 8.88. The molecule has 1 unspecified atom stereocenters. The highest BCUT2D eigenvalue weighted by Crippen LogP contribution is 2.33. The molecule has 0 saturated carbocycles. The normalized spacial score (nSPS) is 16.3. The maximum atomic E-state index is 13.4. The molecule has 0 aliphatic carbocycles. The molecule has 0 N–H and O–H groups in total. The monoisotopic (exact) mass is 450 g/mol. The van der Waals surface area contributed by atoms with Crippen molar-refractivity contribution < 1.29 is 14.3 Å². The van der Waals surface area contributed by atoms with Gasteiger partial charge in [-0.2, -0.15) is 0 Å². The third kappa shape index (κ3) is 4.67. The SMILES string of the molecule is CCOc1ccc2nc(N(CC3CCCO3)C(=O)c3cc(Cl)cc(Cl)c3)sc2c1. The molecule has 2 aromatic carbocycles. The molecule has 3 aromatic rings. The minimum absolute atomic E-state index is 0.0143. The lowest BCUT2D eigenvalue weighted by Gasteiger charge is -2.23. The van der Waals surface area contributed by atoms with Gasteiger partial charge in [0.05, 0.1) is 29.5 Å². The van der Waals surface area contributed by atoms with E-state index in [0.29, 0.717) is 40.5 Å². The van der Waals surface area contributed by atoms with E-state index in [9.17, 15) is 4.79 Å². The van der Waals surface area contributed by atoms with Crippen LogP contribution in [0.2, 0.25) is 10.0 Å². The van der Waals surface area contributed by atoms with Gasteiger partial charge in [-0.05, 0) is 56.2 Å². The van der Waals surface area contributed by atoms with E-state index in [2.05, 4.69) is 0 Å². The first-order chi connectivity index (χ1) is 14.0. The lowest BCUT2D eigenvalue weighted by Crippen LogP contribution is -2.37. The lowest BCUT2D eigenvalue weighted by atomic mass is 10.1. The summed E-state index contributed by atoms with van der Waals surface area (Å²) in [7, 11) is 0. The highest BCUT2D eigenvalue weighted by atomic mass is 35.5. The van der Waals surface area contributed by atoms with Crippen molar-refractivity contribution in [2.45, 2.75) is 25.9 Å². The molecule has 1 aliphatic rings. The summed E-state index contributed by atoms with van der Waals surface area (Å²) in [6, 6.07) is 10.6. The topological polar surface area (TPSA) is 51.7 Å². The number of rotatable bonds is 6. The number of anilines is 1. The van der Waals surface area contributed by atoms with Gasteiger partial charge in [0.2, 0.25) is 0 Å². The van der Waals surface area contributed by atoms with E-state index in [0.717, 1.165) is 28.8 Å². The Morgan fingerprint density at radius 3 is 2.76 bits per heavy atom. The van der Waals surface area contributed by atoms with Crippen molar-refractivity contribution in [2.75, 3.05) is 24.7 Å². The Morgan fingerprint density at radius 1 is 1.28 bits per heavy atom. The lowest BCUT2D eigenvalue weighted by molar-refractivity contribution is 0.0917. The molecule has 4 rings (SSSR count). The minimum atomic E-state index is -0.200. The maximum Gasteiger partial charge on any atom is 0.260 e. The Kier molecular flexibility index (Phi) is 6.25. The number of carbonyl (C=O) groups is 1. The number of fused-ring (bicyclic) bond motifs is 1.